The number of thioether (sulfide) groups is 1. The molecule has 1 saturated heterocycles. The molecule has 1 N–H and O–H groups in total. The summed E-state index contributed by atoms with van der Waals surface area (Å²) in [6.45, 7) is 3.64. The van der Waals surface area contributed by atoms with Gasteiger partial charge in [0.1, 0.15) is 9.57 Å². The number of rotatable bonds is 2. The molecule has 0 saturated carbocycles. The molecule has 0 bridgehead atoms. The van der Waals surface area contributed by atoms with Crippen LogP contribution in [0.3, 0.4) is 0 Å². The third-order valence-electron chi connectivity index (χ3n) is 2.24. The van der Waals surface area contributed by atoms with Crippen LogP contribution < -0.4 is 0 Å². The smallest absolute Gasteiger partial charge is 0.316 e. The van der Waals surface area contributed by atoms with Crippen LogP contribution in [0, 0.1) is 0 Å². The second kappa shape index (κ2) is 5.56. The van der Waals surface area contributed by atoms with Crippen molar-refractivity contribution in [3.63, 3.8) is 0 Å². The molecule has 0 radical (unpaired) electrons. The second-order valence-corrected chi connectivity index (χ2v) is 5.39. The summed E-state index contributed by atoms with van der Waals surface area (Å²) in [5.41, 5.74) is 0. The zero-order chi connectivity index (χ0) is 10.6. The molecule has 0 spiro atoms. The van der Waals surface area contributed by atoms with Crippen LogP contribution in [0.4, 0.5) is 0 Å². The first-order valence-electron chi connectivity index (χ1n) is 4.79. The minimum Gasteiger partial charge on any atom is -0.480 e. The number of aliphatic carboxylic acids is 1. The topological polar surface area (TPSA) is 40.5 Å². The van der Waals surface area contributed by atoms with Gasteiger partial charge in [-0.3, -0.25) is 4.79 Å². The van der Waals surface area contributed by atoms with Gasteiger partial charge in [-0.1, -0.05) is 24.0 Å². The number of nitrogens with zero attached hydrogens (tertiary/aromatic N) is 1. The van der Waals surface area contributed by atoms with Crippen molar-refractivity contribution in [3.8, 4) is 0 Å². The van der Waals surface area contributed by atoms with Crippen molar-refractivity contribution in [1.82, 2.24) is 4.90 Å². The fraction of sp³-hybridized carbons (Fsp3) is 0.778. The molecule has 1 fully saturated rings. The van der Waals surface area contributed by atoms with Gasteiger partial charge in [-0.2, -0.15) is 0 Å². The molecule has 0 aromatic heterocycles. The Hall–Kier alpha value is -0.290. The first-order valence-corrected chi connectivity index (χ1v) is 6.08. The first kappa shape index (κ1) is 11.8. The second-order valence-electron chi connectivity index (χ2n) is 3.41. The molecule has 0 aliphatic carbocycles. The fourth-order valence-electron chi connectivity index (χ4n) is 1.35. The molecule has 0 amide bonds. The SMILES string of the molecule is C[C@H](SC(=S)N1CCCCC1)C(=O)O. The van der Waals surface area contributed by atoms with E-state index >= 15 is 0 Å². The zero-order valence-electron chi connectivity index (χ0n) is 8.23. The monoisotopic (exact) mass is 233 g/mol. The molecule has 1 rings (SSSR count). The predicted molar refractivity (Wildman–Crippen MR) is 62.7 cm³/mol. The van der Waals surface area contributed by atoms with Gasteiger partial charge in [0.2, 0.25) is 0 Å². The molecule has 1 heterocycles. The summed E-state index contributed by atoms with van der Waals surface area (Å²) in [6, 6.07) is 0. The van der Waals surface area contributed by atoms with Crippen molar-refractivity contribution in [3.05, 3.63) is 0 Å². The number of hydrogen-bond acceptors (Lipinski definition) is 3. The quantitative estimate of drug-likeness (QED) is 0.738. The number of thiocarbonyl (C=S) groups is 1. The van der Waals surface area contributed by atoms with Crippen LogP contribution in [0.2, 0.25) is 0 Å². The van der Waals surface area contributed by atoms with E-state index in [4.69, 9.17) is 17.3 Å². The molecular weight excluding hydrogens is 218 g/mol. The van der Waals surface area contributed by atoms with Crippen molar-refractivity contribution in [1.29, 1.82) is 0 Å². The molecule has 0 aromatic carbocycles. The predicted octanol–water partition coefficient (Wildman–Crippen LogP) is 1.96. The van der Waals surface area contributed by atoms with Gasteiger partial charge in [0.25, 0.3) is 0 Å². The Morgan fingerprint density at radius 1 is 1.43 bits per heavy atom. The van der Waals surface area contributed by atoms with Crippen molar-refractivity contribution in [2.45, 2.75) is 31.4 Å². The first-order chi connectivity index (χ1) is 6.61. The summed E-state index contributed by atoms with van der Waals surface area (Å²) in [4.78, 5) is 12.7. The standard InChI is InChI=1S/C9H15NO2S2/c1-7(8(11)12)14-9(13)10-5-3-2-4-6-10/h7H,2-6H2,1H3,(H,11,12)/t7-/m0/s1. The molecule has 80 valence electrons. The summed E-state index contributed by atoms with van der Waals surface area (Å²) in [6.07, 6.45) is 3.60. The van der Waals surface area contributed by atoms with Crippen molar-refractivity contribution in [2.75, 3.05) is 13.1 Å². The average Bonchev–Trinajstić information content (AvgIpc) is 2.19. The van der Waals surface area contributed by atoms with Gasteiger partial charge in [-0.05, 0) is 26.2 Å². The van der Waals surface area contributed by atoms with Crippen LogP contribution in [0.15, 0.2) is 0 Å². The third-order valence-corrected chi connectivity index (χ3v) is 3.80. The van der Waals surface area contributed by atoms with Crippen LogP contribution in [0.1, 0.15) is 26.2 Å². The summed E-state index contributed by atoms with van der Waals surface area (Å²) in [7, 11) is 0. The number of hydrogen-bond donors (Lipinski definition) is 1. The van der Waals surface area contributed by atoms with Gasteiger partial charge < -0.3 is 10.0 Å². The van der Waals surface area contributed by atoms with Gasteiger partial charge in [0.15, 0.2) is 0 Å². The number of carboxylic acids is 1. The lowest BCUT2D eigenvalue weighted by molar-refractivity contribution is -0.136. The average molecular weight is 233 g/mol. The van der Waals surface area contributed by atoms with Crippen molar-refractivity contribution >= 4 is 34.3 Å². The van der Waals surface area contributed by atoms with E-state index < -0.39 is 11.2 Å². The van der Waals surface area contributed by atoms with Gasteiger partial charge in [0.05, 0.1) is 0 Å². The van der Waals surface area contributed by atoms with Crippen LogP contribution in [0.5, 0.6) is 0 Å². The Balaban J connectivity index is 2.36. The third kappa shape index (κ3) is 3.46. The number of carbonyl (C=O) groups is 1. The highest BCUT2D eigenvalue weighted by molar-refractivity contribution is 8.23. The molecule has 1 atom stereocenters. The van der Waals surface area contributed by atoms with E-state index in [1.54, 1.807) is 6.92 Å². The largest absolute Gasteiger partial charge is 0.480 e. The Morgan fingerprint density at radius 3 is 2.50 bits per heavy atom. The van der Waals surface area contributed by atoms with Crippen molar-refractivity contribution in [2.24, 2.45) is 0 Å². The van der Waals surface area contributed by atoms with E-state index in [1.165, 1.54) is 31.0 Å². The summed E-state index contributed by atoms with van der Waals surface area (Å²) in [5, 5.41) is 8.29. The highest BCUT2D eigenvalue weighted by atomic mass is 32.2. The Labute approximate surface area is 93.9 Å². The maximum atomic E-state index is 10.6. The molecule has 3 nitrogen and oxygen atoms in total. The van der Waals surface area contributed by atoms with E-state index in [0.29, 0.717) is 0 Å². The molecule has 1 aliphatic rings. The highest BCUT2D eigenvalue weighted by Crippen LogP contribution is 2.19. The lowest BCUT2D eigenvalue weighted by atomic mass is 10.1. The van der Waals surface area contributed by atoms with E-state index in [0.717, 1.165) is 17.4 Å². The van der Waals surface area contributed by atoms with Crippen LogP contribution in [-0.4, -0.2) is 38.6 Å². The maximum absolute atomic E-state index is 10.6. The van der Waals surface area contributed by atoms with Crippen LogP contribution in [-0.2, 0) is 4.79 Å². The summed E-state index contributed by atoms with van der Waals surface area (Å²) < 4.78 is 0.736. The summed E-state index contributed by atoms with van der Waals surface area (Å²) >= 11 is 6.47. The van der Waals surface area contributed by atoms with Crippen molar-refractivity contribution < 1.29 is 9.90 Å². The van der Waals surface area contributed by atoms with Gasteiger partial charge in [-0.25, -0.2) is 0 Å². The molecule has 0 aromatic rings. The molecule has 1 aliphatic heterocycles. The number of likely N-dealkylation sites (tertiary alicyclic amines) is 1. The van der Waals surface area contributed by atoms with E-state index in [2.05, 4.69) is 4.90 Å². The van der Waals surface area contributed by atoms with Gasteiger partial charge >= 0.3 is 5.97 Å². The molecular formula is C9H15NO2S2. The van der Waals surface area contributed by atoms with E-state index in [9.17, 15) is 4.79 Å². The Morgan fingerprint density at radius 2 is 2.00 bits per heavy atom. The minimum absolute atomic E-state index is 0.440. The maximum Gasteiger partial charge on any atom is 0.316 e. The summed E-state index contributed by atoms with van der Waals surface area (Å²) in [5.74, 6) is -0.797. The number of carboxylic acid groups (broad SMARTS) is 1. The minimum atomic E-state index is -0.797. The Bertz CT molecular complexity index is 227. The normalized spacial score (nSPS) is 19.1. The highest BCUT2D eigenvalue weighted by Gasteiger charge is 2.19. The zero-order valence-corrected chi connectivity index (χ0v) is 9.87. The molecule has 5 heteroatoms. The van der Waals surface area contributed by atoms with Gasteiger partial charge in [0, 0.05) is 13.1 Å². The fourth-order valence-corrected chi connectivity index (χ4v) is 2.70. The van der Waals surface area contributed by atoms with Crippen LogP contribution in [0.25, 0.3) is 0 Å². The lowest BCUT2D eigenvalue weighted by Crippen LogP contribution is -2.34. The molecule has 14 heavy (non-hydrogen) atoms. The number of piperidine rings is 1. The lowest BCUT2D eigenvalue weighted by Gasteiger charge is -2.29. The Kier molecular flexibility index (Phi) is 4.68. The van der Waals surface area contributed by atoms with Gasteiger partial charge in [-0.15, -0.1) is 0 Å². The van der Waals surface area contributed by atoms with E-state index in [1.807, 2.05) is 0 Å². The van der Waals surface area contributed by atoms with E-state index in [-0.39, 0.29) is 0 Å². The van der Waals surface area contributed by atoms with Crippen LogP contribution >= 0.6 is 24.0 Å². The molecule has 0 unspecified atom stereocenters.